The molecule has 0 atom stereocenters. The largest absolute Gasteiger partial charge is 0.468 e. The summed E-state index contributed by atoms with van der Waals surface area (Å²) in [6.07, 6.45) is 1.74. The standard InChI is InChI=1S/C8H13N3O2/c1-6-7(4-10-11-6)3-9-5-8(12)13-2/h4,9H,3,5H2,1-2H3,(H,10,11). The highest BCUT2D eigenvalue weighted by molar-refractivity contribution is 5.71. The summed E-state index contributed by atoms with van der Waals surface area (Å²) in [5, 5.41) is 9.62. The summed E-state index contributed by atoms with van der Waals surface area (Å²) in [6, 6.07) is 0. The Morgan fingerprint density at radius 2 is 2.54 bits per heavy atom. The van der Waals surface area contributed by atoms with Crippen molar-refractivity contribution in [2.45, 2.75) is 13.5 Å². The number of carbonyl (C=O) groups is 1. The van der Waals surface area contributed by atoms with Crippen LogP contribution >= 0.6 is 0 Å². The molecule has 0 aliphatic heterocycles. The first-order chi connectivity index (χ1) is 6.24. The molecule has 1 aromatic rings. The number of methoxy groups -OCH3 is 1. The van der Waals surface area contributed by atoms with Gasteiger partial charge < -0.3 is 10.1 Å². The SMILES string of the molecule is COC(=O)CNCc1cn[nH]c1C. The van der Waals surface area contributed by atoms with E-state index in [-0.39, 0.29) is 12.5 Å². The van der Waals surface area contributed by atoms with E-state index < -0.39 is 0 Å². The molecule has 0 amide bonds. The predicted molar refractivity (Wildman–Crippen MR) is 47.0 cm³/mol. The number of nitrogens with one attached hydrogen (secondary N) is 2. The van der Waals surface area contributed by atoms with Gasteiger partial charge in [0.1, 0.15) is 0 Å². The summed E-state index contributed by atoms with van der Waals surface area (Å²) < 4.78 is 4.47. The van der Waals surface area contributed by atoms with Gasteiger partial charge in [0, 0.05) is 17.8 Å². The maximum atomic E-state index is 10.7. The highest BCUT2D eigenvalue weighted by Gasteiger charge is 2.01. The molecule has 0 saturated heterocycles. The van der Waals surface area contributed by atoms with E-state index in [0.29, 0.717) is 6.54 Å². The van der Waals surface area contributed by atoms with E-state index in [1.807, 2.05) is 6.92 Å². The van der Waals surface area contributed by atoms with Crippen molar-refractivity contribution in [3.05, 3.63) is 17.5 Å². The third-order valence-corrected chi connectivity index (χ3v) is 1.75. The van der Waals surface area contributed by atoms with Crippen LogP contribution in [0.25, 0.3) is 0 Å². The molecule has 0 spiro atoms. The lowest BCUT2D eigenvalue weighted by Gasteiger charge is -2.01. The van der Waals surface area contributed by atoms with Gasteiger partial charge in [-0.15, -0.1) is 0 Å². The number of rotatable bonds is 4. The smallest absolute Gasteiger partial charge is 0.319 e. The Bertz CT molecular complexity index is 283. The molecule has 0 radical (unpaired) electrons. The summed E-state index contributed by atoms with van der Waals surface area (Å²) in [5.41, 5.74) is 2.07. The van der Waals surface area contributed by atoms with E-state index in [1.165, 1.54) is 7.11 Å². The van der Waals surface area contributed by atoms with Gasteiger partial charge >= 0.3 is 5.97 Å². The zero-order valence-corrected chi connectivity index (χ0v) is 7.76. The Labute approximate surface area is 76.5 Å². The van der Waals surface area contributed by atoms with Crippen LogP contribution in [0, 0.1) is 6.92 Å². The molecule has 13 heavy (non-hydrogen) atoms. The molecule has 0 aliphatic rings. The number of aryl methyl sites for hydroxylation is 1. The molecule has 0 unspecified atom stereocenters. The summed E-state index contributed by atoms with van der Waals surface area (Å²) in [5.74, 6) is -0.263. The van der Waals surface area contributed by atoms with Gasteiger partial charge in [0.25, 0.3) is 0 Å². The lowest BCUT2D eigenvalue weighted by atomic mass is 10.3. The third kappa shape index (κ3) is 2.87. The maximum absolute atomic E-state index is 10.7. The van der Waals surface area contributed by atoms with Crippen LogP contribution in [0.1, 0.15) is 11.3 Å². The highest BCUT2D eigenvalue weighted by atomic mass is 16.5. The fraction of sp³-hybridized carbons (Fsp3) is 0.500. The maximum Gasteiger partial charge on any atom is 0.319 e. The van der Waals surface area contributed by atoms with Gasteiger partial charge in [0.05, 0.1) is 19.9 Å². The number of ether oxygens (including phenoxy) is 1. The zero-order valence-electron chi connectivity index (χ0n) is 7.76. The first-order valence-electron chi connectivity index (χ1n) is 4.00. The van der Waals surface area contributed by atoms with Crippen molar-refractivity contribution in [1.82, 2.24) is 15.5 Å². The van der Waals surface area contributed by atoms with Gasteiger partial charge in [-0.25, -0.2) is 0 Å². The van der Waals surface area contributed by atoms with Crippen LogP contribution < -0.4 is 5.32 Å². The minimum Gasteiger partial charge on any atom is -0.468 e. The molecule has 5 nitrogen and oxygen atoms in total. The second-order valence-corrected chi connectivity index (χ2v) is 2.70. The van der Waals surface area contributed by atoms with Crippen molar-refractivity contribution in [3.63, 3.8) is 0 Å². The first-order valence-corrected chi connectivity index (χ1v) is 4.00. The molecular formula is C8H13N3O2. The molecule has 0 aromatic carbocycles. The van der Waals surface area contributed by atoms with Crippen LogP contribution in [-0.4, -0.2) is 29.8 Å². The molecule has 0 bridgehead atoms. The molecule has 0 aliphatic carbocycles. The summed E-state index contributed by atoms with van der Waals surface area (Å²) in [7, 11) is 1.37. The normalized spacial score (nSPS) is 10.0. The molecule has 1 rings (SSSR count). The van der Waals surface area contributed by atoms with E-state index >= 15 is 0 Å². The Balaban J connectivity index is 2.28. The lowest BCUT2D eigenvalue weighted by molar-refractivity contribution is -0.139. The van der Waals surface area contributed by atoms with E-state index in [4.69, 9.17) is 0 Å². The van der Waals surface area contributed by atoms with Gasteiger partial charge in [-0.3, -0.25) is 9.89 Å². The average Bonchev–Trinajstić information content (AvgIpc) is 2.52. The molecule has 1 aromatic heterocycles. The Kier molecular flexibility index (Phi) is 3.45. The van der Waals surface area contributed by atoms with Crippen molar-refractivity contribution in [3.8, 4) is 0 Å². The second-order valence-electron chi connectivity index (χ2n) is 2.70. The van der Waals surface area contributed by atoms with Gasteiger partial charge in [-0.1, -0.05) is 0 Å². The minimum atomic E-state index is -0.263. The third-order valence-electron chi connectivity index (χ3n) is 1.75. The van der Waals surface area contributed by atoms with Crippen LogP contribution in [-0.2, 0) is 16.1 Å². The zero-order chi connectivity index (χ0) is 9.68. The minimum absolute atomic E-state index is 0.223. The van der Waals surface area contributed by atoms with Gasteiger partial charge in [0.15, 0.2) is 0 Å². The second kappa shape index (κ2) is 4.61. The number of nitrogens with zero attached hydrogens (tertiary/aromatic N) is 1. The Morgan fingerprint density at radius 3 is 3.08 bits per heavy atom. The Morgan fingerprint density at radius 1 is 1.77 bits per heavy atom. The molecule has 0 saturated carbocycles. The quantitative estimate of drug-likeness (QED) is 0.644. The molecule has 5 heteroatoms. The summed E-state index contributed by atoms with van der Waals surface area (Å²) >= 11 is 0. The van der Waals surface area contributed by atoms with Crippen LogP contribution in [0.4, 0.5) is 0 Å². The van der Waals surface area contributed by atoms with E-state index in [1.54, 1.807) is 6.20 Å². The number of aromatic amines is 1. The van der Waals surface area contributed by atoms with Crippen LogP contribution in [0.2, 0.25) is 0 Å². The van der Waals surface area contributed by atoms with Crippen molar-refractivity contribution < 1.29 is 9.53 Å². The van der Waals surface area contributed by atoms with Crippen molar-refractivity contribution >= 4 is 5.97 Å². The average molecular weight is 183 g/mol. The monoisotopic (exact) mass is 183 g/mol. The van der Waals surface area contributed by atoms with Crippen LogP contribution in [0.3, 0.4) is 0 Å². The van der Waals surface area contributed by atoms with Crippen LogP contribution in [0.5, 0.6) is 0 Å². The van der Waals surface area contributed by atoms with Crippen LogP contribution in [0.15, 0.2) is 6.20 Å². The van der Waals surface area contributed by atoms with Gasteiger partial charge in [-0.05, 0) is 6.92 Å². The van der Waals surface area contributed by atoms with Crippen molar-refractivity contribution in [2.75, 3.05) is 13.7 Å². The highest BCUT2D eigenvalue weighted by Crippen LogP contribution is 2.00. The van der Waals surface area contributed by atoms with Crippen molar-refractivity contribution in [1.29, 1.82) is 0 Å². The number of aromatic nitrogens is 2. The Hall–Kier alpha value is -1.36. The van der Waals surface area contributed by atoms with Gasteiger partial charge in [0.2, 0.25) is 0 Å². The number of hydrogen-bond donors (Lipinski definition) is 2. The molecular weight excluding hydrogens is 170 g/mol. The topological polar surface area (TPSA) is 67.0 Å². The van der Waals surface area contributed by atoms with E-state index in [0.717, 1.165) is 11.3 Å². The summed E-state index contributed by atoms with van der Waals surface area (Å²) in [4.78, 5) is 10.7. The number of H-pyrrole nitrogens is 1. The number of carbonyl (C=O) groups excluding carboxylic acids is 1. The number of esters is 1. The van der Waals surface area contributed by atoms with E-state index in [9.17, 15) is 4.79 Å². The van der Waals surface area contributed by atoms with Crippen molar-refractivity contribution in [2.24, 2.45) is 0 Å². The lowest BCUT2D eigenvalue weighted by Crippen LogP contribution is -2.23. The fourth-order valence-electron chi connectivity index (χ4n) is 0.925. The fourth-order valence-corrected chi connectivity index (χ4v) is 0.925. The molecule has 0 fully saturated rings. The predicted octanol–water partition coefficient (Wildman–Crippen LogP) is -0.0193. The molecule has 72 valence electrons. The first kappa shape index (κ1) is 9.73. The molecule has 2 N–H and O–H groups in total. The summed E-state index contributed by atoms with van der Waals surface area (Å²) in [6.45, 7) is 2.78. The number of hydrogen-bond acceptors (Lipinski definition) is 4. The molecule has 1 heterocycles. The van der Waals surface area contributed by atoms with E-state index in [2.05, 4.69) is 20.3 Å². The van der Waals surface area contributed by atoms with Gasteiger partial charge in [-0.2, -0.15) is 5.10 Å².